The Hall–Kier alpha value is -3.55. The topological polar surface area (TPSA) is 128 Å². The van der Waals surface area contributed by atoms with Gasteiger partial charge in [-0.25, -0.2) is 19.0 Å². The van der Waals surface area contributed by atoms with Crippen molar-refractivity contribution < 1.29 is 28.6 Å². The number of nitrogens with zero attached hydrogens (tertiary/aromatic N) is 5. The van der Waals surface area contributed by atoms with Crippen LogP contribution in [0.25, 0.3) is 0 Å². The maximum atomic E-state index is 14.6. The Bertz CT molecular complexity index is 1460. The van der Waals surface area contributed by atoms with Crippen LogP contribution in [0.2, 0.25) is 5.02 Å². The SMILES string of the molecule is CCOC(=O)C1=C(CN2CCN3C(=O)N(C(C)(C)C)CC3C2C(=O)O)NC(c2nccs2)=NC1c1cccc(F)c1Cl. The molecule has 3 aliphatic heterocycles. The second-order valence-electron chi connectivity index (χ2n) is 11.2. The molecule has 4 heterocycles. The molecule has 0 spiro atoms. The molecule has 1 aromatic heterocycles. The summed E-state index contributed by atoms with van der Waals surface area (Å²) in [6, 6.07) is 1.40. The predicted molar refractivity (Wildman–Crippen MR) is 155 cm³/mol. The fourth-order valence-electron chi connectivity index (χ4n) is 5.65. The molecule has 5 rings (SSSR count). The van der Waals surface area contributed by atoms with Crippen LogP contribution in [0.1, 0.15) is 44.3 Å². The van der Waals surface area contributed by atoms with E-state index in [-0.39, 0.29) is 48.4 Å². The first kappa shape index (κ1) is 29.9. The lowest BCUT2D eigenvalue weighted by molar-refractivity contribution is -0.147. The number of aromatic nitrogens is 1. The van der Waals surface area contributed by atoms with Crippen LogP contribution in [0.5, 0.6) is 0 Å². The Morgan fingerprint density at radius 3 is 2.69 bits per heavy atom. The monoisotopic (exact) mass is 618 g/mol. The van der Waals surface area contributed by atoms with Crippen molar-refractivity contribution in [2.45, 2.75) is 51.4 Å². The highest BCUT2D eigenvalue weighted by Crippen LogP contribution is 2.38. The first-order valence-electron chi connectivity index (χ1n) is 13.6. The lowest BCUT2D eigenvalue weighted by Gasteiger charge is -2.42. The number of nitrogens with one attached hydrogen (secondary N) is 1. The van der Waals surface area contributed by atoms with Crippen molar-refractivity contribution >= 4 is 46.7 Å². The second kappa shape index (κ2) is 11.6. The van der Waals surface area contributed by atoms with Crippen molar-refractivity contribution in [3.05, 3.63) is 62.5 Å². The van der Waals surface area contributed by atoms with Gasteiger partial charge in [-0.3, -0.25) is 14.7 Å². The predicted octanol–water partition coefficient (Wildman–Crippen LogP) is 3.52. The average molecular weight is 619 g/mol. The number of benzene rings is 1. The molecule has 0 bridgehead atoms. The number of carbonyl (C=O) groups is 3. The summed E-state index contributed by atoms with van der Waals surface area (Å²) < 4.78 is 20.0. The second-order valence-corrected chi connectivity index (χ2v) is 12.4. The molecule has 0 saturated carbocycles. The molecular weight excluding hydrogens is 587 g/mol. The summed E-state index contributed by atoms with van der Waals surface area (Å²) in [4.78, 5) is 53.5. The fourth-order valence-corrected chi connectivity index (χ4v) is 6.47. The molecule has 1 aromatic carbocycles. The lowest BCUT2D eigenvalue weighted by atomic mass is 9.94. The summed E-state index contributed by atoms with van der Waals surface area (Å²) >= 11 is 7.71. The fraction of sp³-hybridized carbons (Fsp3) is 0.464. The number of halogens is 2. The van der Waals surface area contributed by atoms with Crippen molar-refractivity contribution in [2.75, 3.05) is 32.8 Å². The third kappa shape index (κ3) is 5.48. The molecule has 2 saturated heterocycles. The van der Waals surface area contributed by atoms with E-state index in [0.29, 0.717) is 23.1 Å². The van der Waals surface area contributed by atoms with Gasteiger partial charge >= 0.3 is 18.0 Å². The summed E-state index contributed by atoms with van der Waals surface area (Å²) in [6.07, 6.45) is 1.61. The molecule has 3 unspecified atom stereocenters. The number of urea groups is 1. The minimum atomic E-state index is -1.08. The third-order valence-electron chi connectivity index (χ3n) is 7.59. The molecular formula is C28H32ClFN6O5S. The van der Waals surface area contributed by atoms with Gasteiger partial charge in [0.25, 0.3) is 0 Å². The van der Waals surface area contributed by atoms with Gasteiger partial charge in [-0.05, 0) is 33.8 Å². The number of carboxylic acids is 1. The van der Waals surface area contributed by atoms with E-state index in [1.54, 1.807) is 39.3 Å². The van der Waals surface area contributed by atoms with Gasteiger partial charge in [0.15, 0.2) is 10.8 Å². The number of aliphatic imine (C=N–C) groups is 1. The minimum Gasteiger partial charge on any atom is -0.480 e. The van der Waals surface area contributed by atoms with E-state index in [0.717, 1.165) is 0 Å². The molecule has 2 N–H and O–H groups in total. The molecule has 3 atom stereocenters. The van der Waals surface area contributed by atoms with Crippen LogP contribution < -0.4 is 5.32 Å². The number of hydrogen-bond donors (Lipinski definition) is 2. The highest BCUT2D eigenvalue weighted by molar-refractivity contribution is 7.11. The van der Waals surface area contributed by atoms with Crippen molar-refractivity contribution in [3.63, 3.8) is 0 Å². The van der Waals surface area contributed by atoms with Crippen LogP contribution in [-0.2, 0) is 14.3 Å². The first-order chi connectivity index (χ1) is 19.9. The van der Waals surface area contributed by atoms with E-state index >= 15 is 0 Å². The number of amidine groups is 1. The Morgan fingerprint density at radius 1 is 1.29 bits per heavy atom. The van der Waals surface area contributed by atoms with Gasteiger partial charge in [-0.2, -0.15) is 0 Å². The van der Waals surface area contributed by atoms with Crippen molar-refractivity contribution in [1.82, 2.24) is 25.0 Å². The lowest BCUT2D eigenvalue weighted by Crippen LogP contribution is -2.62. The molecule has 42 heavy (non-hydrogen) atoms. The number of rotatable bonds is 7. The zero-order chi connectivity index (χ0) is 30.3. The molecule has 2 amide bonds. The number of amides is 2. The number of carboxylic acid groups (broad SMARTS) is 1. The van der Waals surface area contributed by atoms with Crippen LogP contribution in [-0.4, -0.2) is 99.0 Å². The van der Waals surface area contributed by atoms with Crippen LogP contribution >= 0.6 is 22.9 Å². The van der Waals surface area contributed by atoms with E-state index in [4.69, 9.17) is 21.3 Å². The Balaban J connectivity index is 1.58. The maximum absolute atomic E-state index is 14.6. The summed E-state index contributed by atoms with van der Waals surface area (Å²) in [5, 5.41) is 15.7. The first-order valence-corrected chi connectivity index (χ1v) is 14.8. The molecule has 2 fully saturated rings. The van der Waals surface area contributed by atoms with E-state index < -0.39 is 41.4 Å². The zero-order valence-corrected chi connectivity index (χ0v) is 25.2. The minimum absolute atomic E-state index is 0.00695. The molecule has 11 nitrogen and oxygen atoms in total. The quantitative estimate of drug-likeness (QED) is 0.451. The number of hydrogen-bond acceptors (Lipinski definition) is 9. The van der Waals surface area contributed by atoms with E-state index in [1.165, 1.54) is 23.5 Å². The highest BCUT2D eigenvalue weighted by Gasteiger charge is 2.52. The zero-order valence-electron chi connectivity index (χ0n) is 23.6. The molecule has 14 heteroatoms. The van der Waals surface area contributed by atoms with Gasteiger partial charge in [0.2, 0.25) is 0 Å². The van der Waals surface area contributed by atoms with Gasteiger partial charge in [-0.1, -0.05) is 23.7 Å². The largest absolute Gasteiger partial charge is 0.480 e. The molecule has 0 aliphatic carbocycles. The average Bonchev–Trinajstić information content (AvgIpc) is 3.58. The van der Waals surface area contributed by atoms with E-state index in [9.17, 15) is 23.9 Å². The van der Waals surface area contributed by atoms with Crippen molar-refractivity contribution in [2.24, 2.45) is 4.99 Å². The number of piperazine rings is 1. The van der Waals surface area contributed by atoms with E-state index in [1.807, 2.05) is 20.8 Å². The molecule has 0 radical (unpaired) electrons. The Kier molecular flexibility index (Phi) is 8.28. The summed E-state index contributed by atoms with van der Waals surface area (Å²) in [5.41, 5.74) is 0.212. The van der Waals surface area contributed by atoms with Crippen LogP contribution in [0.4, 0.5) is 9.18 Å². The summed E-state index contributed by atoms with van der Waals surface area (Å²) in [6.45, 7) is 8.28. The van der Waals surface area contributed by atoms with Crippen LogP contribution in [0, 0.1) is 5.82 Å². The van der Waals surface area contributed by atoms with Crippen LogP contribution in [0.15, 0.2) is 46.0 Å². The number of aliphatic carboxylic acids is 1. The van der Waals surface area contributed by atoms with Crippen LogP contribution in [0.3, 0.4) is 0 Å². The number of thiazole rings is 1. The summed E-state index contributed by atoms with van der Waals surface area (Å²) in [5.74, 6) is -2.10. The third-order valence-corrected chi connectivity index (χ3v) is 8.77. The number of carbonyl (C=O) groups excluding carboxylic acids is 2. The van der Waals surface area contributed by atoms with Crippen molar-refractivity contribution in [1.29, 1.82) is 0 Å². The summed E-state index contributed by atoms with van der Waals surface area (Å²) in [7, 11) is 0. The highest BCUT2D eigenvalue weighted by atomic mass is 35.5. The number of ether oxygens (including phenoxy) is 1. The van der Waals surface area contributed by atoms with Gasteiger partial charge in [0.05, 0.1) is 23.2 Å². The molecule has 2 aromatic rings. The maximum Gasteiger partial charge on any atom is 0.338 e. The van der Waals surface area contributed by atoms with Gasteiger partial charge in [0.1, 0.15) is 17.9 Å². The Labute approximate surface area is 251 Å². The Morgan fingerprint density at radius 2 is 2.05 bits per heavy atom. The smallest absolute Gasteiger partial charge is 0.338 e. The van der Waals surface area contributed by atoms with Gasteiger partial charge in [0, 0.05) is 54.6 Å². The van der Waals surface area contributed by atoms with Gasteiger partial charge < -0.3 is 25.0 Å². The number of fused-ring (bicyclic) bond motifs is 1. The van der Waals surface area contributed by atoms with Gasteiger partial charge in [-0.15, -0.1) is 11.3 Å². The molecule has 224 valence electrons. The van der Waals surface area contributed by atoms with E-state index in [2.05, 4.69) is 10.3 Å². The normalized spacial score (nSPS) is 23.0. The standard InChI is InChI=1S/C28H32ClFN6O5S/c1-5-41-26(39)19-17(13-34-10-11-35-18(22(34)25(37)38)14-36(27(35)40)28(2,3)4)32-23(24-31-9-12-42-24)33-21(19)15-7-6-8-16(30)20(15)29/h6-9,12,18,21-22H,5,10-11,13-14H2,1-4H3,(H,32,33)(H,37,38). The van der Waals surface area contributed by atoms with Crippen molar-refractivity contribution in [3.8, 4) is 0 Å². The molecule has 3 aliphatic rings. The number of esters is 1.